The fourth-order valence-electron chi connectivity index (χ4n) is 7.02. The van der Waals surface area contributed by atoms with Crippen LogP contribution in [-0.4, -0.2) is 20.1 Å². The molecule has 6 rings (SSSR count). The number of methoxy groups -OCH3 is 2. The van der Waals surface area contributed by atoms with Crippen molar-refractivity contribution in [2.24, 2.45) is 17.3 Å². The van der Waals surface area contributed by atoms with Crippen LogP contribution in [0, 0.1) is 17.3 Å². The number of amides is 1. The van der Waals surface area contributed by atoms with Crippen LogP contribution in [0.5, 0.6) is 11.5 Å². The van der Waals surface area contributed by atoms with Gasteiger partial charge in [0.2, 0.25) is 5.91 Å². The number of hydrogen-bond acceptors (Lipinski definition) is 3. The molecule has 4 heteroatoms. The molecule has 4 aliphatic carbocycles. The maximum Gasteiger partial charge on any atom is 0.226 e. The van der Waals surface area contributed by atoms with E-state index in [0.717, 1.165) is 24.8 Å². The van der Waals surface area contributed by atoms with Gasteiger partial charge in [0, 0.05) is 6.54 Å². The highest BCUT2D eigenvalue weighted by molar-refractivity contribution is 5.83. The van der Waals surface area contributed by atoms with Crippen molar-refractivity contribution in [3.8, 4) is 11.5 Å². The van der Waals surface area contributed by atoms with Crippen molar-refractivity contribution in [2.45, 2.75) is 50.5 Å². The molecule has 0 spiro atoms. The summed E-state index contributed by atoms with van der Waals surface area (Å²) in [5.41, 5.74) is 2.45. The first-order chi connectivity index (χ1) is 14.6. The van der Waals surface area contributed by atoms with Gasteiger partial charge < -0.3 is 14.8 Å². The van der Waals surface area contributed by atoms with E-state index in [1.165, 1.54) is 24.8 Å². The second kappa shape index (κ2) is 7.33. The van der Waals surface area contributed by atoms with E-state index in [1.807, 2.05) is 18.2 Å². The predicted octanol–water partition coefficient (Wildman–Crippen LogP) is 4.86. The molecule has 4 aliphatic rings. The van der Waals surface area contributed by atoms with Crippen LogP contribution in [0.2, 0.25) is 0 Å². The molecule has 1 amide bonds. The van der Waals surface area contributed by atoms with Crippen LogP contribution in [0.25, 0.3) is 0 Å². The van der Waals surface area contributed by atoms with Gasteiger partial charge in [-0.1, -0.05) is 36.4 Å². The van der Waals surface area contributed by atoms with E-state index < -0.39 is 0 Å². The van der Waals surface area contributed by atoms with Gasteiger partial charge in [-0.25, -0.2) is 0 Å². The van der Waals surface area contributed by atoms with Gasteiger partial charge >= 0.3 is 0 Å². The summed E-state index contributed by atoms with van der Waals surface area (Å²) in [7, 11) is 3.27. The molecule has 0 aliphatic heterocycles. The summed E-state index contributed by atoms with van der Waals surface area (Å²) >= 11 is 0. The molecule has 2 unspecified atom stereocenters. The highest BCUT2D eigenvalue weighted by Crippen LogP contribution is 2.65. The minimum Gasteiger partial charge on any atom is -0.493 e. The summed E-state index contributed by atoms with van der Waals surface area (Å²) in [6.07, 6.45) is 6.90. The summed E-state index contributed by atoms with van der Waals surface area (Å²) in [4.78, 5) is 13.6. The van der Waals surface area contributed by atoms with Gasteiger partial charge in [-0.2, -0.15) is 0 Å². The summed E-state index contributed by atoms with van der Waals surface area (Å²) < 4.78 is 10.7. The van der Waals surface area contributed by atoms with E-state index in [-0.39, 0.29) is 16.7 Å². The van der Waals surface area contributed by atoms with Gasteiger partial charge in [0.25, 0.3) is 0 Å². The fourth-order valence-corrected chi connectivity index (χ4v) is 7.02. The first kappa shape index (κ1) is 19.5. The Bertz CT molecular complexity index is 925. The normalized spacial score (nSPS) is 31.4. The minimum atomic E-state index is -0.212. The van der Waals surface area contributed by atoms with Crippen LogP contribution < -0.4 is 14.8 Å². The SMILES string of the molecule is COc1ccc(CNC(=O)C23CC4CC(C2)CC(c2ccccc2)(C4)C3)cc1OC. The third-order valence-electron chi connectivity index (χ3n) is 7.83. The topological polar surface area (TPSA) is 47.6 Å². The number of ether oxygens (including phenoxy) is 2. The Balaban J connectivity index is 1.36. The van der Waals surface area contributed by atoms with E-state index in [9.17, 15) is 4.79 Å². The van der Waals surface area contributed by atoms with Gasteiger partial charge in [-0.3, -0.25) is 4.79 Å². The molecule has 0 saturated heterocycles. The van der Waals surface area contributed by atoms with Gasteiger partial charge in [0.1, 0.15) is 0 Å². The summed E-state index contributed by atoms with van der Waals surface area (Å²) in [6.45, 7) is 0.522. The Morgan fingerprint density at radius 1 is 0.967 bits per heavy atom. The maximum absolute atomic E-state index is 13.6. The zero-order valence-electron chi connectivity index (χ0n) is 17.9. The molecule has 4 saturated carbocycles. The van der Waals surface area contributed by atoms with Gasteiger partial charge in [0.15, 0.2) is 11.5 Å². The van der Waals surface area contributed by atoms with Crippen molar-refractivity contribution in [3.63, 3.8) is 0 Å². The van der Waals surface area contributed by atoms with Gasteiger partial charge in [-0.15, -0.1) is 0 Å². The number of rotatable bonds is 6. The lowest BCUT2D eigenvalue weighted by Crippen LogP contribution is -2.59. The molecular weight excluding hydrogens is 374 g/mol. The quantitative estimate of drug-likeness (QED) is 0.747. The van der Waals surface area contributed by atoms with Crippen LogP contribution in [-0.2, 0) is 16.8 Å². The number of carbonyl (C=O) groups is 1. The Hall–Kier alpha value is -2.49. The second-order valence-electron chi connectivity index (χ2n) is 9.76. The Kier molecular flexibility index (Phi) is 4.76. The molecule has 0 radical (unpaired) electrons. The molecular formula is C26H31NO3. The predicted molar refractivity (Wildman–Crippen MR) is 117 cm³/mol. The first-order valence-corrected chi connectivity index (χ1v) is 11.1. The fraction of sp³-hybridized carbons (Fsp3) is 0.500. The minimum absolute atomic E-state index is 0.187. The molecule has 2 aromatic rings. The molecule has 4 nitrogen and oxygen atoms in total. The van der Waals surface area contributed by atoms with Crippen LogP contribution in [0.15, 0.2) is 48.5 Å². The zero-order valence-corrected chi connectivity index (χ0v) is 17.9. The van der Waals surface area contributed by atoms with Crippen molar-refractivity contribution >= 4 is 5.91 Å². The molecule has 0 heterocycles. The van der Waals surface area contributed by atoms with Crippen molar-refractivity contribution in [1.82, 2.24) is 5.32 Å². The molecule has 1 N–H and O–H groups in total. The lowest BCUT2D eigenvalue weighted by atomic mass is 9.42. The largest absolute Gasteiger partial charge is 0.493 e. The van der Waals surface area contributed by atoms with Crippen molar-refractivity contribution in [3.05, 3.63) is 59.7 Å². The van der Waals surface area contributed by atoms with E-state index >= 15 is 0 Å². The highest BCUT2D eigenvalue weighted by Gasteiger charge is 2.60. The third-order valence-corrected chi connectivity index (χ3v) is 7.83. The van der Waals surface area contributed by atoms with Crippen molar-refractivity contribution < 1.29 is 14.3 Å². The highest BCUT2D eigenvalue weighted by atomic mass is 16.5. The molecule has 2 aromatic carbocycles. The standard InChI is InChI=1S/C26H31NO3/c1-29-22-9-8-18(11-23(22)30-2)16-27-24(28)26-14-19-10-20(15-26)13-25(12-19,17-26)21-6-4-3-5-7-21/h3-9,11,19-20H,10,12-17H2,1-2H3,(H,27,28). The Labute approximate surface area is 179 Å². The average molecular weight is 406 g/mol. The number of hydrogen-bond donors (Lipinski definition) is 1. The number of benzene rings is 2. The van der Waals surface area contributed by atoms with Crippen molar-refractivity contribution in [2.75, 3.05) is 14.2 Å². The van der Waals surface area contributed by atoms with Crippen molar-refractivity contribution in [1.29, 1.82) is 0 Å². The summed E-state index contributed by atoms with van der Waals surface area (Å²) in [6, 6.07) is 16.8. The van der Waals surface area contributed by atoms with Crippen LogP contribution in [0.3, 0.4) is 0 Å². The summed E-state index contributed by atoms with van der Waals surface area (Å²) in [5, 5.41) is 3.28. The Morgan fingerprint density at radius 3 is 2.33 bits per heavy atom. The molecule has 30 heavy (non-hydrogen) atoms. The number of nitrogens with one attached hydrogen (secondary N) is 1. The van der Waals surface area contributed by atoms with Gasteiger partial charge in [0.05, 0.1) is 19.6 Å². The monoisotopic (exact) mass is 405 g/mol. The lowest BCUT2D eigenvalue weighted by Gasteiger charge is -2.61. The average Bonchev–Trinajstić information content (AvgIpc) is 2.77. The van der Waals surface area contributed by atoms with E-state index in [1.54, 1.807) is 14.2 Å². The molecule has 4 bridgehead atoms. The zero-order chi connectivity index (χ0) is 20.8. The molecule has 4 fully saturated rings. The first-order valence-electron chi connectivity index (χ1n) is 11.1. The third kappa shape index (κ3) is 3.17. The van der Waals surface area contributed by atoms with Gasteiger partial charge in [-0.05, 0) is 79.0 Å². The van der Waals surface area contributed by atoms with E-state index in [4.69, 9.17) is 9.47 Å². The molecule has 158 valence electrons. The Morgan fingerprint density at radius 2 is 1.67 bits per heavy atom. The number of carbonyl (C=O) groups excluding carboxylic acids is 1. The van der Waals surface area contributed by atoms with Crippen LogP contribution in [0.1, 0.15) is 49.7 Å². The second-order valence-corrected chi connectivity index (χ2v) is 9.76. The lowest BCUT2D eigenvalue weighted by molar-refractivity contribution is -0.149. The maximum atomic E-state index is 13.6. The van der Waals surface area contributed by atoms with Crippen LogP contribution >= 0.6 is 0 Å². The molecule has 0 aromatic heterocycles. The van der Waals surface area contributed by atoms with Crippen LogP contribution in [0.4, 0.5) is 0 Å². The van der Waals surface area contributed by atoms with E-state index in [0.29, 0.717) is 29.9 Å². The van der Waals surface area contributed by atoms with E-state index in [2.05, 4.69) is 35.6 Å². The summed E-state index contributed by atoms with van der Waals surface area (Å²) in [5.74, 6) is 3.00. The molecule has 2 atom stereocenters. The smallest absolute Gasteiger partial charge is 0.226 e.